The Bertz CT molecular complexity index is 609. The first-order chi connectivity index (χ1) is 9.40. The number of nitrogen functional groups attached to an aromatic ring is 1. The number of hydrogen-bond acceptors (Lipinski definition) is 5. The van der Waals surface area contributed by atoms with Crippen LogP contribution in [0.15, 0.2) is 23.1 Å². The zero-order valence-corrected chi connectivity index (χ0v) is 11.7. The second-order valence-corrected chi connectivity index (χ2v) is 6.75. The molecule has 1 aliphatic rings. The molecule has 1 aromatic carbocycles. The molecule has 0 saturated heterocycles. The van der Waals surface area contributed by atoms with Crippen molar-refractivity contribution in [2.75, 3.05) is 12.3 Å². The molecule has 0 unspecified atom stereocenters. The van der Waals surface area contributed by atoms with Crippen LogP contribution in [-0.2, 0) is 10.0 Å². The van der Waals surface area contributed by atoms with Crippen LogP contribution < -0.4 is 10.5 Å². The minimum absolute atomic E-state index is 0.0430. The molecule has 2 rings (SSSR count). The van der Waals surface area contributed by atoms with E-state index in [0.29, 0.717) is 12.5 Å². The summed E-state index contributed by atoms with van der Waals surface area (Å²) in [5.74, 6) is 0.375. The standard InChI is InChI=1S/C12H17N3O4S/c13-11-7-10(5-6-12(11)15(16)17)20(18,19)14-8-9-3-1-2-4-9/h5-7,9,14H,1-4,8,13H2. The van der Waals surface area contributed by atoms with Gasteiger partial charge in [-0.2, -0.15) is 0 Å². The van der Waals surface area contributed by atoms with Gasteiger partial charge in [-0.1, -0.05) is 12.8 Å². The maximum absolute atomic E-state index is 12.1. The molecule has 1 saturated carbocycles. The van der Waals surface area contributed by atoms with Crippen molar-refractivity contribution < 1.29 is 13.3 Å². The number of nitrogens with one attached hydrogen (secondary N) is 1. The van der Waals surface area contributed by atoms with E-state index in [1.807, 2.05) is 0 Å². The van der Waals surface area contributed by atoms with Crippen LogP contribution in [0.5, 0.6) is 0 Å². The first-order valence-corrected chi connectivity index (χ1v) is 7.92. The lowest BCUT2D eigenvalue weighted by molar-refractivity contribution is -0.383. The normalized spacial score (nSPS) is 16.4. The number of sulfonamides is 1. The van der Waals surface area contributed by atoms with E-state index in [1.165, 1.54) is 6.07 Å². The molecule has 20 heavy (non-hydrogen) atoms. The monoisotopic (exact) mass is 299 g/mol. The van der Waals surface area contributed by atoms with Crippen molar-refractivity contribution in [1.82, 2.24) is 4.72 Å². The number of rotatable bonds is 5. The van der Waals surface area contributed by atoms with Crippen LogP contribution in [-0.4, -0.2) is 19.9 Å². The van der Waals surface area contributed by atoms with Crippen molar-refractivity contribution >= 4 is 21.4 Å². The molecule has 1 aromatic rings. The van der Waals surface area contributed by atoms with E-state index >= 15 is 0 Å². The number of hydrogen-bond donors (Lipinski definition) is 2. The molecule has 0 spiro atoms. The molecular formula is C12H17N3O4S. The highest BCUT2D eigenvalue weighted by Gasteiger charge is 2.21. The maximum Gasteiger partial charge on any atom is 0.292 e. The number of nitrogens with two attached hydrogens (primary N) is 1. The lowest BCUT2D eigenvalue weighted by atomic mass is 10.1. The predicted octanol–water partition coefficient (Wildman–Crippen LogP) is 1.65. The Labute approximate surface area is 117 Å². The third-order valence-corrected chi connectivity index (χ3v) is 4.96. The van der Waals surface area contributed by atoms with Gasteiger partial charge in [0.25, 0.3) is 5.69 Å². The maximum atomic E-state index is 12.1. The van der Waals surface area contributed by atoms with Crippen LogP contribution in [0, 0.1) is 16.0 Å². The fourth-order valence-electron chi connectivity index (χ4n) is 2.39. The molecule has 0 aromatic heterocycles. The predicted molar refractivity (Wildman–Crippen MR) is 74.7 cm³/mol. The number of nitro groups is 1. The summed E-state index contributed by atoms with van der Waals surface area (Å²) >= 11 is 0. The van der Waals surface area contributed by atoms with Gasteiger partial charge in [-0.25, -0.2) is 13.1 Å². The van der Waals surface area contributed by atoms with Crippen molar-refractivity contribution in [2.24, 2.45) is 5.92 Å². The van der Waals surface area contributed by atoms with Crippen LogP contribution in [0.4, 0.5) is 11.4 Å². The molecule has 8 heteroatoms. The summed E-state index contributed by atoms with van der Waals surface area (Å²) in [4.78, 5) is 9.96. The van der Waals surface area contributed by atoms with Gasteiger partial charge in [-0.15, -0.1) is 0 Å². The van der Waals surface area contributed by atoms with Gasteiger partial charge >= 0.3 is 0 Å². The Morgan fingerprint density at radius 1 is 1.35 bits per heavy atom. The molecule has 0 aliphatic heterocycles. The van der Waals surface area contributed by atoms with E-state index in [4.69, 9.17) is 5.73 Å². The fourth-order valence-corrected chi connectivity index (χ4v) is 3.54. The Hall–Kier alpha value is -1.67. The zero-order valence-electron chi connectivity index (χ0n) is 10.9. The van der Waals surface area contributed by atoms with Gasteiger partial charge in [0.15, 0.2) is 0 Å². The summed E-state index contributed by atoms with van der Waals surface area (Å²) in [6.07, 6.45) is 4.34. The highest BCUT2D eigenvalue weighted by atomic mass is 32.2. The third-order valence-electron chi connectivity index (χ3n) is 3.54. The molecule has 1 aliphatic carbocycles. The Balaban J connectivity index is 2.12. The van der Waals surface area contributed by atoms with Crippen LogP contribution in [0.1, 0.15) is 25.7 Å². The largest absolute Gasteiger partial charge is 0.393 e. The van der Waals surface area contributed by atoms with Crippen molar-refractivity contribution in [3.8, 4) is 0 Å². The SMILES string of the molecule is Nc1cc(S(=O)(=O)NCC2CCCC2)ccc1[N+](=O)[O-]. The van der Waals surface area contributed by atoms with Gasteiger partial charge < -0.3 is 5.73 Å². The second-order valence-electron chi connectivity index (χ2n) is 4.98. The van der Waals surface area contributed by atoms with Gasteiger partial charge in [-0.05, 0) is 30.9 Å². The summed E-state index contributed by atoms with van der Waals surface area (Å²) in [7, 11) is -3.67. The molecule has 0 radical (unpaired) electrons. The summed E-state index contributed by atoms with van der Waals surface area (Å²) in [5, 5.41) is 10.6. The highest BCUT2D eigenvalue weighted by Crippen LogP contribution is 2.26. The molecule has 110 valence electrons. The van der Waals surface area contributed by atoms with E-state index in [-0.39, 0.29) is 16.3 Å². The Morgan fingerprint density at radius 3 is 2.55 bits per heavy atom. The van der Waals surface area contributed by atoms with Crippen molar-refractivity contribution in [1.29, 1.82) is 0 Å². The lowest BCUT2D eigenvalue weighted by Crippen LogP contribution is -2.28. The van der Waals surface area contributed by atoms with Crippen LogP contribution in [0.3, 0.4) is 0 Å². The van der Waals surface area contributed by atoms with Gasteiger partial charge in [0, 0.05) is 12.6 Å². The molecule has 7 nitrogen and oxygen atoms in total. The topological polar surface area (TPSA) is 115 Å². The lowest BCUT2D eigenvalue weighted by Gasteiger charge is -2.11. The summed E-state index contributed by atoms with van der Waals surface area (Å²) < 4.78 is 26.7. The summed E-state index contributed by atoms with van der Waals surface area (Å²) in [6.45, 7) is 0.402. The molecule has 0 heterocycles. The first kappa shape index (κ1) is 14.7. The quantitative estimate of drug-likeness (QED) is 0.487. The highest BCUT2D eigenvalue weighted by molar-refractivity contribution is 7.89. The van der Waals surface area contributed by atoms with E-state index < -0.39 is 14.9 Å². The average Bonchev–Trinajstić information content (AvgIpc) is 2.89. The van der Waals surface area contributed by atoms with E-state index in [9.17, 15) is 18.5 Å². The van der Waals surface area contributed by atoms with Crippen LogP contribution in [0.25, 0.3) is 0 Å². The molecular weight excluding hydrogens is 282 g/mol. The number of nitrogens with zero attached hydrogens (tertiary/aromatic N) is 1. The van der Waals surface area contributed by atoms with Crippen LogP contribution >= 0.6 is 0 Å². The average molecular weight is 299 g/mol. The first-order valence-electron chi connectivity index (χ1n) is 6.44. The fraction of sp³-hybridized carbons (Fsp3) is 0.500. The smallest absolute Gasteiger partial charge is 0.292 e. The molecule has 0 atom stereocenters. The van der Waals surface area contributed by atoms with Crippen LogP contribution in [0.2, 0.25) is 0 Å². The summed E-state index contributed by atoms with van der Waals surface area (Å²) in [5.41, 5.74) is 5.06. The molecule has 3 N–H and O–H groups in total. The molecule has 0 bridgehead atoms. The van der Waals surface area contributed by atoms with Gasteiger partial charge in [-0.3, -0.25) is 10.1 Å². The van der Waals surface area contributed by atoms with E-state index in [1.54, 1.807) is 0 Å². The zero-order chi connectivity index (χ0) is 14.8. The van der Waals surface area contributed by atoms with Crippen molar-refractivity contribution in [3.63, 3.8) is 0 Å². The Kier molecular flexibility index (Phi) is 4.24. The Morgan fingerprint density at radius 2 is 2.00 bits per heavy atom. The number of benzene rings is 1. The minimum Gasteiger partial charge on any atom is -0.393 e. The number of anilines is 1. The van der Waals surface area contributed by atoms with Crippen molar-refractivity contribution in [3.05, 3.63) is 28.3 Å². The van der Waals surface area contributed by atoms with Gasteiger partial charge in [0.1, 0.15) is 5.69 Å². The van der Waals surface area contributed by atoms with Crippen molar-refractivity contribution in [2.45, 2.75) is 30.6 Å². The van der Waals surface area contributed by atoms with E-state index in [2.05, 4.69) is 4.72 Å². The molecule has 1 fully saturated rings. The second kappa shape index (κ2) is 5.76. The summed E-state index contributed by atoms with van der Waals surface area (Å²) in [6, 6.07) is 3.43. The number of nitro benzene ring substituents is 1. The third kappa shape index (κ3) is 3.26. The van der Waals surface area contributed by atoms with E-state index in [0.717, 1.165) is 37.8 Å². The minimum atomic E-state index is -3.67. The molecule has 0 amide bonds. The van der Waals surface area contributed by atoms with Gasteiger partial charge in [0.2, 0.25) is 10.0 Å². The van der Waals surface area contributed by atoms with Gasteiger partial charge in [0.05, 0.1) is 9.82 Å².